The van der Waals surface area contributed by atoms with E-state index in [2.05, 4.69) is 26.4 Å². The number of amides is 1. The third kappa shape index (κ3) is 4.54. The van der Waals surface area contributed by atoms with Crippen LogP contribution in [0.2, 0.25) is 0 Å². The SMILES string of the molecule is CO[C@@H]1CCC[C@@H](C(=O)NCCn2ncc(-c3cnccn3)c2-c2cccs2)C1. The Balaban J connectivity index is 1.45. The van der Waals surface area contributed by atoms with Gasteiger partial charge in [0.2, 0.25) is 5.91 Å². The molecule has 0 bridgehead atoms. The molecule has 152 valence electrons. The van der Waals surface area contributed by atoms with Gasteiger partial charge in [-0.1, -0.05) is 12.5 Å². The van der Waals surface area contributed by atoms with Crippen molar-refractivity contribution in [3.63, 3.8) is 0 Å². The molecule has 1 N–H and O–H groups in total. The summed E-state index contributed by atoms with van der Waals surface area (Å²) in [5.41, 5.74) is 2.74. The van der Waals surface area contributed by atoms with E-state index in [1.54, 1.807) is 37.0 Å². The first-order chi connectivity index (χ1) is 14.3. The number of hydrogen-bond donors (Lipinski definition) is 1. The molecule has 0 unspecified atom stereocenters. The number of aromatic nitrogens is 4. The predicted molar refractivity (Wildman–Crippen MR) is 112 cm³/mol. The van der Waals surface area contributed by atoms with Crippen molar-refractivity contribution in [2.24, 2.45) is 5.92 Å². The number of hydrogen-bond acceptors (Lipinski definition) is 6. The van der Waals surface area contributed by atoms with Crippen LogP contribution in [0.25, 0.3) is 21.8 Å². The summed E-state index contributed by atoms with van der Waals surface area (Å²) < 4.78 is 7.38. The molecule has 3 aromatic rings. The highest BCUT2D eigenvalue weighted by Gasteiger charge is 2.27. The van der Waals surface area contributed by atoms with Crippen molar-refractivity contribution in [1.29, 1.82) is 0 Å². The first-order valence-electron chi connectivity index (χ1n) is 9.93. The van der Waals surface area contributed by atoms with E-state index >= 15 is 0 Å². The zero-order chi connectivity index (χ0) is 20.1. The summed E-state index contributed by atoms with van der Waals surface area (Å²) in [6.07, 6.45) is 10.9. The van der Waals surface area contributed by atoms with E-state index in [9.17, 15) is 4.79 Å². The Bertz CT molecular complexity index is 926. The smallest absolute Gasteiger partial charge is 0.223 e. The number of nitrogens with zero attached hydrogens (tertiary/aromatic N) is 4. The van der Waals surface area contributed by atoms with Gasteiger partial charge in [0.25, 0.3) is 0 Å². The second-order valence-corrected chi connectivity index (χ2v) is 8.16. The molecule has 1 aliphatic carbocycles. The van der Waals surface area contributed by atoms with E-state index in [1.165, 1.54) is 0 Å². The highest BCUT2D eigenvalue weighted by molar-refractivity contribution is 7.13. The Labute approximate surface area is 174 Å². The lowest BCUT2D eigenvalue weighted by atomic mass is 9.86. The van der Waals surface area contributed by atoms with Crippen LogP contribution >= 0.6 is 11.3 Å². The van der Waals surface area contributed by atoms with Crippen molar-refractivity contribution in [3.8, 4) is 21.8 Å². The van der Waals surface area contributed by atoms with Crippen LogP contribution in [-0.4, -0.2) is 45.4 Å². The number of ether oxygens (including phenoxy) is 1. The molecule has 7 nitrogen and oxygen atoms in total. The molecule has 1 aliphatic rings. The molecular formula is C21H25N5O2S. The number of nitrogens with one attached hydrogen (secondary N) is 1. The Morgan fingerprint density at radius 3 is 3.03 bits per heavy atom. The average Bonchev–Trinajstić information content (AvgIpc) is 3.44. The molecule has 8 heteroatoms. The first-order valence-corrected chi connectivity index (χ1v) is 10.8. The Morgan fingerprint density at radius 2 is 2.28 bits per heavy atom. The molecule has 0 spiro atoms. The molecule has 3 aromatic heterocycles. The zero-order valence-corrected chi connectivity index (χ0v) is 17.3. The van der Waals surface area contributed by atoms with E-state index in [4.69, 9.17) is 4.74 Å². The molecule has 0 aromatic carbocycles. The van der Waals surface area contributed by atoms with E-state index in [0.29, 0.717) is 13.1 Å². The van der Waals surface area contributed by atoms with Gasteiger partial charge in [0.15, 0.2) is 0 Å². The molecule has 0 radical (unpaired) electrons. The molecule has 1 amide bonds. The molecule has 0 aliphatic heterocycles. The van der Waals surface area contributed by atoms with Crippen LogP contribution in [0.3, 0.4) is 0 Å². The maximum absolute atomic E-state index is 12.6. The van der Waals surface area contributed by atoms with E-state index in [-0.39, 0.29) is 17.9 Å². The normalized spacial score (nSPS) is 19.2. The summed E-state index contributed by atoms with van der Waals surface area (Å²) in [5.74, 6) is 0.156. The van der Waals surface area contributed by atoms with Crippen molar-refractivity contribution in [2.45, 2.75) is 38.3 Å². The first kappa shape index (κ1) is 19.7. The van der Waals surface area contributed by atoms with Crippen molar-refractivity contribution >= 4 is 17.2 Å². The van der Waals surface area contributed by atoms with Crippen LogP contribution in [-0.2, 0) is 16.1 Å². The molecule has 29 heavy (non-hydrogen) atoms. The van der Waals surface area contributed by atoms with Gasteiger partial charge in [0.05, 0.1) is 41.3 Å². The Kier molecular flexibility index (Phi) is 6.31. The fourth-order valence-electron chi connectivity index (χ4n) is 3.88. The van der Waals surface area contributed by atoms with Crippen LogP contribution in [0.1, 0.15) is 25.7 Å². The van der Waals surface area contributed by atoms with Crippen LogP contribution < -0.4 is 5.32 Å². The van der Waals surface area contributed by atoms with Gasteiger partial charge in [-0.05, 0) is 30.7 Å². The standard InChI is InChI=1S/C21H25N5O2S/c1-28-16-5-2-4-15(12-16)21(27)24-9-10-26-20(19-6-3-11-29-19)17(13-25-26)18-14-22-7-8-23-18/h3,6-8,11,13-16H,2,4-5,9-10,12H2,1H3,(H,24,27)/t15-,16-/m1/s1. The van der Waals surface area contributed by atoms with Gasteiger partial charge >= 0.3 is 0 Å². The van der Waals surface area contributed by atoms with Crippen LogP contribution in [0.15, 0.2) is 42.3 Å². The van der Waals surface area contributed by atoms with Crippen molar-refractivity contribution < 1.29 is 9.53 Å². The minimum atomic E-state index is 0.0400. The van der Waals surface area contributed by atoms with E-state index in [0.717, 1.165) is 47.5 Å². The summed E-state index contributed by atoms with van der Waals surface area (Å²) in [5, 5.41) is 9.70. The zero-order valence-electron chi connectivity index (χ0n) is 16.5. The Morgan fingerprint density at radius 1 is 1.34 bits per heavy atom. The minimum absolute atomic E-state index is 0.0400. The summed E-state index contributed by atoms with van der Waals surface area (Å²) in [4.78, 5) is 22.3. The topological polar surface area (TPSA) is 81.9 Å². The van der Waals surface area contributed by atoms with Crippen LogP contribution in [0.4, 0.5) is 0 Å². The lowest BCUT2D eigenvalue weighted by Crippen LogP contribution is -2.37. The minimum Gasteiger partial charge on any atom is -0.381 e. The summed E-state index contributed by atoms with van der Waals surface area (Å²) in [6, 6.07) is 4.10. The molecule has 4 rings (SSSR count). The second-order valence-electron chi connectivity index (χ2n) is 7.21. The van der Waals surface area contributed by atoms with Gasteiger partial charge in [0, 0.05) is 37.5 Å². The predicted octanol–water partition coefficient (Wildman–Crippen LogP) is 3.39. The molecule has 0 saturated heterocycles. The third-order valence-electron chi connectivity index (χ3n) is 5.39. The van der Waals surface area contributed by atoms with E-state index < -0.39 is 0 Å². The Hall–Kier alpha value is -2.58. The van der Waals surface area contributed by atoms with Crippen molar-refractivity contribution in [3.05, 3.63) is 42.3 Å². The summed E-state index contributed by atoms with van der Waals surface area (Å²) in [6.45, 7) is 1.13. The number of carbonyl (C=O) groups is 1. The van der Waals surface area contributed by atoms with Gasteiger partial charge in [-0.2, -0.15) is 5.10 Å². The van der Waals surface area contributed by atoms with Gasteiger partial charge < -0.3 is 10.1 Å². The largest absolute Gasteiger partial charge is 0.381 e. The van der Waals surface area contributed by atoms with Gasteiger partial charge in [-0.25, -0.2) is 0 Å². The fourth-order valence-corrected chi connectivity index (χ4v) is 4.67. The van der Waals surface area contributed by atoms with Crippen LogP contribution in [0, 0.1) is 5.92 Å². The van der Waals surface area contributed by atoms with Gasteiger partial charge in [0.1, 0.15) is 0 Å². The highest BCUT2D eigenvalue weighted by Crippen LogP contribution is 2.33. The summed E-state index contributed by atoms with van der Waals surface area (Å²) >= 11 is 1.66. The van der Waals surface area contributed by atoms with E-state index in [1.807, 2.05) is 22.3 Å². The van der Waals surface area contributed by atoms with Crippen LogP contribution in [0.5, 0.6) is 0 Å². The van der Waals surface area contributed by atoms with Crippen molar-refractivity contribution in [2.75, 3.05) is 13.7 Å². The summed E-state index contributed by atoms with van der Waals surface area (Å²) in [7, 11) is 1.73. The number of rotatable bonds is 7. The molecule has 3 heterocycles. The average molecular weight is 412 g/mol. The quantitative estimate of drug-likeness (QED) is 0.644. The molecule has 2 atom stereocenters. The van der Waals surface area contributed by atoms with Gasteiger partial charge in [-0.3, -0.25) is 19.4 Å². The lowest BCUT2D eigenvalue weighted by molar-refractivity contribution is -0.127. The number of carbonyl (C=O) groups excluding carboxylic acids is 1. The molecule has 1 fully saturated rings. The van der Waals surface area contributed by atoms with Gasteiger partial charge in [-0.15, -0.1) is 11.3 Å². The maximum Gasteiger partial charge on any atom is 0.223 e. The number of thiophene rings is 1. The molecular weight excluding hydrogens is 386 g/mol. The lowest BCUT2D eigenvalue weighted by Gasteiger charge is -2.27. The monoisotopic (exact) mass is 411 g/mol. The maximum atomic E-state index is 12.6. The second kappa shape index (κ2) is 9.28. The highest BCUT2D eigenvalue weighted by atomic mass is 32.1. The number of methoxy groups -OCH3 is 1. The fraction of sp³-hybridized carbons (Fsp3) is 0.429. The third-order valence-corrected chi connectivity index (χ3v) is 6.26. The van der Waals surface area contributed by atoms with Crippen molar-refractivity contribution in [1.82, 2.24) is 25.1 Å². The molecule has 1 saturated carbocycles.